The molecule has 1 aliphatic heterocycles. The summed E-state index contributed by atoms with van der Waals surface area (Å²) in [5.74, 6) is 2.47. The molecule has 0 radical (unpaired) electrons. The third-order valence-electron chi connectivity index (χ3n) is 3.73. The molecular weight excluding hydrogens is 296 g/mol. The lowest BCUT2D eigenvalue weighted by molar-refractivity contribution is 0.190. The van der Waals surface area contributed by atoms with Crippen LogP contribution in [0.15, 0.2) is 51.9 Å². The molecule has 0 N–H and O–H groups in total. The van der Waals surface area contributed by atoms with Crippen LogP contribution in [-0.2, 0) is 6.54 Å². The Hall–Kier alpha value is -2.67. The summed E-state index contributed by atoms with van der Waals surface area (Å²) < 4.78 is 16.5. The van der Waals surface area contributed by atoms with Gasteiger partial charge in [0.25, 0.3) is 0 Å². The first kappa shape index (κ1) is 14.0. The van der Waals surface area contributed by atoms with Gasteiger partial charge in [-0.05, 0) is 30.7 Å². The van der Waals surface area contributed by atoms with Gasteiger partial charge in [-0.2, -0.15) is 4.98 Å². The van der Waals surface area contributed by atoms with Crippen LogP contribution < -0.4 is 4.74 Å². The maximum Gasteiger partial charge on any atom is 0.241 e. The van der Waals surface area contributed by atoms with Crippen LogP contribution in [0.4, 0.5) is 0 Å². The van der Waals surface area contributed by atoms with E-state index in [0.717, 1.165) is 25.3 Å². The molecule has 23 heavy (non-hydrogen) atoms. The number of aromatic nitrogens is 3. The van der Waals surface area contributed by atoms with Gasteiger partial charge in [-0.3, -0.25) is 9.88 Å². The Balaban J connectivity index is 1.34. The van der Waals surface area contributed by atoms with E-state index in [2.05, 4.69) is 20.0 Å². The van der Waals surface area contributed by atoms with Crippen molar-refractivity contribution in [1.82, 2.24) is 20.0 Å². The lowest BCUT2D eigenvalue weighted by atomic mass is 10.3. The first-order valence-electron chi connectivity index (χ1n) is 7.52. The maximum atomic E-state index is 5.92. The van der Waals surface area contributed by atoms with Crippen molar-refractivity contribution >= 4 is 0 Å². The molecular formula is C16H16N4O3. The van der Waals surface area contributed by atoms with Crippen LogP contribution in [0.2, 0.25) is 0 Å². The van der Waals surface area contributed by atoms with E-state index in [1.807, 2.05) is 18.2 Å². The van der Waals surface area contributed by atoms with Gasteiger partial charge in [0.05, 0.1) is 19.0 Å². The number of hydrogen-bond donors (Lipinski definition) is 0. The van der Waals surface area contributed by atoms with Gasteiger partial charge in [-0.15, -0.1) is 0 Å². The Morgan fingerprint density at radius 1 is 1.30 bits per heavy atom. The molecule has 0 aromatic carbocycles. The summed E-state index contributed by atoms with van der Waals surface area (Å²) in [6.07, 6.45) is 6.18. The second-order valence-electron chi connectivity index (χ2n) is 5.44. The van der Waals surface area contributed by atoms with Crippen LogP contribution in [0, 0.1) is 0 Å². The van der Waals surface area contributed by atoms with Gasteiger partial charge < -0.3 is 13.7 Å². The second-order valence-corrected chi connectivity index (χ2v) is 5.44. The smallest absolute Gasteiger partial charge is 0.241 e. The quantitative estimate of drug-likeness (QED) is 0.715. The molecule has 3 aromatic rings. The molecule has 4 heterocycles. The summed E-state index contributed by atoms with van der Waals surface area (Å²) in [6.45, 7) is 2.37. The average Bonchev–Trinajstić information content (AvgIpc) is 3.30. The SMILES string of the molecule is c1cncc(OC2CCN(Cc3nc(-c4ccco4)no3)C2)c1. The Kier molecular flexibility index (Phi) is 3.77. The fourth-order valence-electron chi connectivity index (χ4n) is 2.66. The van der Waals surface area contributed by atoms with Crippen LogP contribution >= 0.6 is 0 Å². The molecule has 1 saturated heterocycles. The van der Waals surface area contributed by atoms with E-state index in [1.54, 1.807) is 24.7 Å². The standard InChI is InChI=1S/C16H16N4O3/c1-3-12(9-17-6-1)22-13-5-7-20(10-13)11-15-18-16(19-23-15)14-4-2-8-21-14/h1-4,6,8-9,13H,5,7,10-11H2. The van der Waals surface area contributed by atoms with Crippen molar-refractivity contribution in [2.24, 2.45) is 0 Å². The van der Waals surface area contributed by atoms with Gasteiger partial charge in [0.1, 0.15) is 11.9 Å². The normalized spacial score (nSPS) is 18.3. The highest BCUT2D eigenvalue weighted by molar-refractivity contribution is 5.44. The molecule has 4 rings (SSSR count). The van der Waals surface area contributed by atoms with Crippen molar-refractivity contribution in [2.45, 2.75) is 19.1 Å². The average molecular weight is 312 g/mol. The zero-order valence-corrected chi connectivity index (χ0v) is 12.5. The van der Waals surface area contributed by atoms with Gasteiger partial charge in [0.15, 0.2) is 5.76 Å². The lowest BCUT2D eigenvalue weighted by Gasteiger charge is -2.14. The van der Waals surface area contributed by atoms with Gasteiger partial charge >= 0.3 is 0 Å². The van der Waals surface area contributed by atoms with E-state index in [-0.39, 0.29) is 6.10 Å². The topological polar surface area (TPSA) is 77.4 Å². The molecule has 118 valence electrons. The fourth-order valence-corrected chi connectivity index (χ4v) is 2.66. The van der Waals surface area contributed by atoms with Gasteiger partial charge in [-0.1, -0.05) is 5.16 Å². The number of rotatable bonds is 5. The number of ether oxygens (including phenoxy) is 1. The number of furan rings is 1. The molecule has 0 amide bonds. The van der Waals surface area contributed by atoms with Crippen LogP contribution in [-0.4, -0.2) is 39.2 Å². The second kappa shape index (κ2) is 6.21. The Bertz CT molecular complexity index is 742. The van der Waals surface area contributed by atoms with E-state index < -0.39 is 0 Å². The van der Waals surface area contributed by atoms with Gasteiger partial charge in [0, 0.05) is 19.3 Å². The Morgan fingerprint density at radius 3 is 3.13 bits per heavy atom. The molecule has 1 aliphatic rings. The minimum absolute atomic E-state index is 0.159. The highest BCUT2D eigenvalue weighted by Gasteiger charge is 2.25. The summed E-state index contributed by atoms with van der Waals surface area (Å²) in [5.41, 5.74) is 0. The highest BCUT2D eigenvalue weighted by atomic mass is 16.5. The predicted octanol–water partition coefficient (Wildman–Crippen LogP) is 2.38. The number of likely N-dealkylation sites (tertiary alicyclic amines) is 1. The molecule has 0 spiro atoms. The van der Waals surface area contributed by atoms with Crippen molar-refractivity contribution in [2.75, 3.05) is 13.1 Å². The zero-order chi connectivity index (χ0) is 15.5. The molecule has 1 fully saturated rings. The molecule has 7 nitrogen and oxygen atoms in total. The number of nitrogens with zero attached hydrogens (tertiary/aromatic N) is 4. The minimum Gasteiger partial charge on any atom is -0.487 e. The van der Waals surface area contributed by atoms with Crippen molar-refractivity contribution in [3.05, 3.63) is 48.8 Å². The Morgan fingerprint density at radius 2 is 2.30 bits per heavy atom. The first-order valence-corrected chi connectivity index (χ1v) is 7.52. The molecule has 1 unspecified atom stereocenters. The minimum atomic E-state index is 0.159. The van der Waals surface area contributed by atoms with Crippen LogP contribution in [0.5, 0.6) is 5.75 Å². The molecule has 0 aliphatic carbocycles. The predicted molar refractivity (Wildman–Crippen MR) is 80.5 cm³/mol. The molecule has 1 atom stereocenters. The largest absolute Gasteiger partial charge is 0.487 e. The lowest BCUT2D eigenvalue weighted by Crippen LogP contribution is -2.24. The number of hydrogen-bond acceptors (Lipinski definition) is 7. The number of pyridine rings is 1. The third-order valence-corrected chi connectivity index (χ3v) is 3.73. The molecule has 3 aromatic heterocycles. The van der Waals surface area contributed by atoms with Crippen LogP contribution in [0.1, 0.15) is 12.3 Å². The van der Waals surface area contributed by atoms with E-state index in [9.17, 15) is 0 Å². The van der Waals surface area contributed by atoms with Crippen LogP contribution in [0.3, 0.4) is 0 Å². The van der Waals surface area contributed by atoms with E-state index in [4.69, 9.17) is 13.7 Å². The van der Waals surface area contributed by atoms with E-state index in [0.29, 0.717) is 24.0 Å². The summed E-state index contributed by atoms with van der Waals surface area (Å²) in [4.78, 5) is 10.7. The molecule has 0 bridgehead atoms. The van der Waals surface area contributed by atoms with Crippen molar-refractivity contribution < 1.29 is 13.7 Å². The Labute approximate surface area is 132 Å². The first-order chi connectivity index (χ1) is 11.4. The molecule has 7 heteroatoms. The van der Waals surface area contributed by atoms with E-state index >= 15 is 0 Å². The monoisotopic (exact) mass is 312 g/mol. The van der Waals surface area contributed by atoms with E-state index in [1.165, 1.54) is 0 Å². The van der Waals surface area contributed by atoms with Crippen molar-refractivity contribution in [3.8, 4) is 17.3 Å². The van der Waals surface area contributed by atoms with Gasteiger partial charge in [0.2, 0.25) is 11.7 Å². The fraction of sp³-hybridized carbons (Fsp3) is 0.312. The summed E-state index contributed by atoms with van der Waals surface area (Å²) in [5, 5.41) is 3.94. The molecule has 0 saturated carbocycles. The highest BCUT2D eigenvalue weighted by Crippen LogP contribution is 2.20. The van der Waals surface area contributed by atoms with Crippen molar-refractivity contribution in [3.63, 3.8) is 0 Å². The van der Waals surface area contributed by atoms with Gasteiger partial charge in [-0.25, -0.2) is 0 Å². The maximum absolute atomic E-state index is 5.92. The van der Waals surface area contributed by atoms with Crippen molar-refractivity contribution in [1.29, 1.82) is 0 Å². The summed E-state index contributed by atoms with van der Waals surface area (Å²) in [7, 11) is 0. The third kappa shape index (κ3) is 3.24. The summed E-state index contributed by atoms with van der Waals surface area (Å²) in [6, 6.07) is 7.40. The zero-order valence-electron chi connectivity index (χ0n) is 12.5. The van der Waals surface area contributed by atoms with Crippen LogP contribution in [0.25, 0.3) is 11.6 Å². The summed E-state index contributed by atoms with van der Waals surface area (Å²) >= 11 is 0.